The van der Waals surface area contributed by atoms with E-state index < -0.39 is 0 Å². The maximum Gasteiger partial charge on any atom is 0.268 e. The minimum absolute atomic E-state index is 0.0954. The molecule has 1 aliphatic rings. The van der Waals surface area contributed by atoms with Gasteiger partial charge in [-0.05, 0) is 42.3 Å². The zero-order valence-corrected chi connectivity index (χ0v) is 16.5. The van der Waals surface area contributed by atoms with Crippen LogP contribution in [0.25, 0.3) is 5.57 Å². The van der Waals surface area contributed by atoms with Crippen molar-refractivity contribution in [3.05, 3.63) is 100 Å². The van der Waals surface area contributed by atoms with E-state index in [1.54, 1.807) is 24.5 Å². The summed E-state index contributed by atoms with van der Waals surface area (Å²) in [7, 11) is 0. The lowest BCUT2D eigenvalue weighted by Gasteiger charge is -2.15. The van der Waals surface area contributed by atoms with Crippen LogP contribution in [-0.4, -0.2) is 16.7 Å². The number of furan rings is 1. The van der Waals surface area contributed by atoms with Crippen LogP contribution >= 0.6 is 11.8 Å². The van der Waals surface area contributed by atoms with Crippen molar-refractivity contribution in [3.8, 4) is 0 Å². The molecule has 2 aromatic carbocycles. The highest BCUT2D eigenvalue weighted by Gasteiger charge is 2.39. The topological polar surface area (TPSA) is 50.5 Å². The van der Waals surface area contributed by atoms with Gasteiger partial charge in [-0.15, -0.1) is 11.8 Å². The van der Waals surface area contributed by atoms with Crippen LogP contribution < -0.4 is 0 Å². The van der Waals surface area contributed by atoms with Gasteiger partial charge < -0.3 is 4.42 Å². The molecule has 2 heterocycles. The fraction of sp³-hybridized carbons (Fsp3) is 0.130. The Labute approximate surface area is 172 Å². The van der Waals surface area contributed by atoms with Crippen molar-refractivity contribution < 1.29 is 18.4 Å². The number of hydrogen-bond donors (Lipinski definition) is 0. The molecule has 0 unspecified atom stereocenters. The highest BCUT2D eigenvalue weighted by molar-refractivity contribution is 8.03. The summed E-state index contributed by atoms with van der Waals surface area (Å²) in [5.41, 5.74) is 2.86. The van der Waals surface area contributed by atoms with E-state index in [0.717, 1.165) is 11.3 Å². The fourth-order valence-corrected chi connectivity index (χ4v) is 4.15. The number of rotatable bonds is 6. The number of hydrogen-bond acceptors (Lipinski definition) is 4. The third-order valence-electron chi connectivity index (χ3n) is 4.66. The summed E-state index contributed by atoms with van der Waals surface area (Å²) >= 11 is 1.29. The van der Waals surface area contributed by atoms with Gasteiger partial charge >= 0.3 is 0 Å². The number of thioether (sulfide) groups is 1. The molecule has 0 saturated carbocycles. The highest BCUT2D eigenvalue weighted by atomic mass is 32.2. The lowest BCUT2D eigenvalue weighted by molar-refractivity contribution is -0.137. The number of nitrogens with zero attached hydrogens (tertiary/aromatic N) is 1. The molecule has 6 heteroatoms. The predicted octanol–water partition coefficient (Wildman–Crippen LogP) is 4.94. The lowest BCUT2D eigenvalue weighted by Crippen LogP contribution is -2.30. The first-order valence-electron chi connectivity index (χ1n) is 9.10. The molecule has 1 aromatic heterocycles. The molecule has 29 heavy (non-hydrogen) atoms. The molecule has 146 valence electrons. The number of amides is 2. The Bertz CT molecular complexity index is 1070. The van der Waals surface area contributed by atoms with E-state index in [1.165, 1.54) is 28.8 Å². The Balaban J connectivity index is 1.66. The van der Waals surface area contributed by atoms with Crippen LogP contribution in [0.5, 0.6) is 0 Å². The minimum Gasteiger partial charge on any atom is -0.468 e. The number of benzene rings is 2. The second kappa shape index (κ2) is 8.09. The van der Waals surface area contributed by atoms with Crippen molar-refractivity contribution >= 4 is 29.1 Å². The van der Waals surface area contributed by atoms with E-state index in [-0.39, 0.29) is 24.2 Å². The number of aryl methyl sites for hydroxylation is 1. The summed E-state index contributed by atoms with van der Waals surface area (Å²) in [6.45, 7) is 2.06. The van der Waals surface area contributed by atoms with Gasteiger partial charge in [0.2, 0.25) is 0 Å². The van der Waals surface area contributed by atoms with Gasteiger partial charge in [0, 0.05) is 0 Å². The van der Waals surface area contributed by atoms with Crippen molar-refractivity contribution in [1.82, 2.24) is 4.90 Å². The van der Waals surface area contributed by atoms with Crippen LogP contribution in [-0.2, 0) is 21.9 Å². The Morgan fingerprint density at radius 3 is 2.34 bits per heavy atom. The van der Waals surface area contributed by atoms with E-state index >= 15 is 0 Å². The average Bonchev–Trinajstić information content (AvgIpc) is 3.31. The molecule has 0 spiro atoms. The third kappa shape index (κ3) is 4.03. The normalized spacial score (nSPS) is 14.2. The molecule has 0 radical (unpaired) electrons. The molecule has 0 atom stereocenters. The van der Waals surface area contributed by atoms with Gasteiger partial charge in [0.15, 0.2) is 0 Å². The number of carbonyl (C=O) groups excluding carboxylic acids is 2. The maximum absolute atomic E-state index is 13.2. The van der Waals surface area contributed by atoms with Crippen LogP contribution in [0, 0.1) is 12.7 Å². The van der Waals surface area contributed by atoms with Crippen LogP contribution in [0.1, 0.15) is 22.5 Å². The van der Waals surface area contributed by atoms with Crippen molar-refractivity contribution in [2.75, 3.05) is 0 Å². The summed E-state index contributed by atoms with van der Waals surface area (Å²) < 4.78 is 18.6. The first-order valence-corrected chi connectivity index (χ1v) is 10.1. The van der Waals surface area contributed by atoms with Gasteiger partial charge in [-0.25, -0.2) is 4.39 Å². The lowest BCUT2D eigenvalue weighted by atomic mass is 10.0. The molecule has 4 rings (SSSR count). The van der Waals surface area contributed by atoms with Crippen LogP contribution in [0.4, 0.5) is 4.39 Å². The molecule has 2 amide bonds. The zero-order valence-electron chi connectivity index (χ0n) is 15.7. The van der Waals surface area contributed by atoms with Gasteiger partial charge in [0.1, 0.15) is 11.6 Å². The molecule has 3 aromatic rings. The van der Waals surface area contributed by atoms with Gasteiger partial charge in [-0.1, -0.05) is 42.0 Å². The quantitative estimate of drug-likeness (QED) is 0.543. The van der Waals surface area contributed by atoms with Crippen molar-refractivity contribution in [3.63, 3.8) is 0 Å². The second-order valence-electron chi connectivity index (χ2n) is 6.76. The molecule has 0 N–H and O–H groups in total. The van der Waals surface area contributed by atoms with Gasteiger partial charge in [-0.3, -0.25) is 14.5 Å². The van der Waals surface area contributed by atoms with Crippen LogP contribution in [0.2, 0.25) is 0 Å². The molecule has 0 aliphatic carbocycles. The molecule has 0 fully saturated rings. The van der Waals surface area contributed by atoms with E-state index in [9.17, 15) is 14.0 Å². The van der Waals surface area contributed by atoms with Gasteiger partial charge in [0.25, 0.3) is 11.8 Å². The Morgan fingerprint density at radius 2 is 1.69 bits per heavy atom. The van der Waals surface area contributed by atoms with E-state index in [0.29, 0.717) is 27.4 Å². The van der Waals surface area contributed by atoms with Crippen LogP contribution in [0.3, 0.4) is 0 Å². The summed E-state index contributed by atoms with van der Waals surface area (Å²) in [4.78, 5) is 27.9. The summed E-state index contributed by atoms with van der Waals surface area (Å²) in [5, 5.41) is 0. The average molecular weight is 407 g/mol. The molecule has 4 nitrogen and oxygen atoms in total. The number of carbonyl (C=O) groups is 2. The van der Waals surface area contributed by atoms with Gasteiger partial charge in [0.05, 0.1) is 29.0 Å². The van der Waals surface area contributed by atoms with Crippen LogP contribution in [0.15, 0.2) is 76.2 Å². The summed E-state index contributed by atoms with van der Waals surface area (Å²) in [5.74, 6) is 0.127. The Hall–Kier alpha value is -3.12. The molecular formula is C23H18FNO3S. The standard InChI is InChI=1S/C23H18FNO3S/c1-15-4-8-17(9-5-15)20-21(29-14-19-3-2-12-28-19)23(27)25(22(20)26)13-16-6-10-18(24)11-7-16/h2-12H,13-14H2,1H3. The van der Waals surface area contributed by atoms with Crippen molar-refractivity contribution in [1.29, 1.82) is 0 Å². The molecule has 0 saturated heterocycles. The minimum atomic E-state index is -0.360. The SMILES string of the molecule is Cc1ccc(C2=C(SCc3ccco3)C(=O)N(Cc3ccc(F)cc3)C2=O)cc1. The largest absolute Gasteiger partial charge is 0.468 e. The van der Waals surface area contributed by atoms with E-state index in [1.807, 2.05) is 37.3 Å². The Kier molecular flexibility index (Phi) is 5.36. The van der Waals surface area contributed by atoms with Crippen molar-refractivity contribution in [2.24, 2.45) is 0 Å². The monoisotopic (exact) mass is 407 g/mol. The smallest absolute Gasteiger partial charge is 0.268 e. The molecule has 1 aliphatic heterocycles. The fourth-order valence-electron chi connectivity index (χ4n) is 3.12. The first kappa shape index (κ1) is 19.2. The predicted molar refractivity (Wildman–Crippen MR) is 110 cm³/mol. The van der Waals surface area contributed by atoms with Crippen molar-refractivity contribution in [2.45, 2.75) is 19.2 Å². The zero-order chi connectivity index (χ0) is 20.4. The first-order chi connectivity index (χ1) is 14.0. The van der Waals surface area contributed by atoms with E-state index in [2.05, 4.69) is 0 Å². The second-order valence-corrected chi connectivity index (χ2v) is 7.75. The molecular weight excluding hydrogens is 389 g/mol. The third-order valence-corrected chi connectivity index (χ3v) is 5.75. The van der Waals surface area contributed by atoms with Gasteiger partial charge in [-0.2, -0.15) is 0 Å². The summed E-state index contributed by atoms with van der Waals surface area (Å²) in [6, 6.07) is 16.9. The maximum atomic E-state index is 13.2. The van der Waals surface area contributed by atoms with E-state index in [4.69, 9.17) is 4.42 Å². The number of halogens is 1. The Morgan fingerprint density at radius 1 is 0.966 bits per heavy atom. The number of imide groups is 1. The summed E-state index contributed by atoms with van der Waals surface area (Å²) in [6.07, 6.45) is 1.58. The highest BCUT2D eigenvalue weighted by Crippen LogP contribution is 2.38. The molecule has 0 bridgehead atoms.